The van der Waals surface area contributed by atoms with Crippen molar-refractivity contribution in [3.8, 4) is 0 Å². The van der Waals surface area contributed by atoms with Gasteiger partial charge in [0.1, 0.15) is 0 Å². The lowest BCUT2D eigenvalue weighted by molar-refractivity contribution is 0.470. The van der Waals surface area contributed by atoms with Crippen molar-refractivity contribution < 1.29 is 16.8 Å². The summed E-state index contributed by atoms with van der Waals surface area (Å²) in [5.41, 5.74) is 3.00. The molecule has 0 amide bonds. The van der Waals surface area contributed by atoms with Crippen LogP contribution in [-0.2, 0) is 19.7 Å². The summed E-state index contributed by atoms with van der Waals surface area (Å²) in [6, 6.07) is 13.0. The Morgan fingerprint density at radius 1 is 0.897 bits per heavy atom. The Hall–Kier alpha value is -1.86. The number of rotatable bonds is 5. The molecule has 1 saturated heterocycles. The van der Waals surface area contributed by atoms with Gasteiger partial charge in [-0.2, -0.15) is 0 Å². The molecule has 1 heterocycles. The number of hydrogen-bond donors (Lipinski definition) is 0. The summed E-state index contributed by atoms with van der Waals surface area (Å²) in [7, 11) is -7.09. The highest BCUT2D eigenvalue weighted by Gasteiger charge is 2.29. The van der Waals surface area contributed by atoms with E-state index in [1.165, 1.54) is 17.7 Å². The quantitative estimate of drug-likeness (QED) is 0.698. The fourth-order valence-corrected chi connectivity index (χ4v) is 5.56. The van der Waals surface area contributed by atoms with Gasteiger partial charge in [-0.1, -0.05) is 38.1 Å². The van der Waals surface area contributed by atoms with Crippen LogP contribution in [-0.4, -0.2) is 35.9 Å². The van der Waals surface area contributed by atoms with E-state index in [2.05, 4.69) is 43.0 Å². The van der Waals surface area contributed by atoms with Crippen molar-refractivity contribution in [2.24, 2.45) is 0 Å². The number of anilines is 1. The van der Waals surface area contributed by atoms with Crippen LogP contribution in [0.25, 0.3) is 0 Å². The summed E-state index contributed by atoms with van der Waals surface area (Å²) in [6.07, 6.45) is 5.20. The molecule has 2 aromatic carbocycles. The predicted molar refractivity (Wildman–Crippen MR) is 117 cm³/mol. The van der Waals surface area contributed by atoms with E-state index in [0.29, 0.717) is 11.6 Å². The molecule has 0 bridgehead atoms. The lowest BCUT2D eigenvalue weighted by Crippen LogP contribution is -2.34. The largest absolute Gasteiger partial charge is 0.363 e. The fraction of sp³-hybridized carbons (Fsp3) is 0.455. The van der Waals surface area contributed by atoms with Crippen molar-refractivity contribution in [1.82, 2.24) is 0 Å². The molecule has 1 aliphatic heterocycles. The SMILES string of the molecule is CC(C)c1ccc([C@@H]2CCCCN2c2ccc(S(C)(=O)=O)cc2S(C)(=O)=O)cc1. The molecule has 0 spiro atoms. The summed E-state index contributed by atoms with van der Waals surface area (Å²) < 4.78 is 49.0. The number of nitrogens with zero attached hydrogens (tertiary/aromatic N) is 1. The standard InChI is InChI=1S/C22H29NO4S2/c1-16(2)17-8-10-18(11-9-17)20-7-5-6-14-23(20)21-13-12-19(28(3,24)25)15-22(21)29(4,26)27/h8-13,15-16,20H,5-7,14H2,1-4H3/t20-/m0/s1. The maximum atomic E-state index is 12.5. The maximum absolute atomic E-state index is 12.5. The van der Waals surface area contributed by atoms with Gasteiger partial charge in [-0.05, 0) is 54.5 Å². The Kier molecular flexibility index (Phi) is 6.11. The molecule has 1 aliphatic rings. The van der Waals surface area contributed by atoms with Crippen LogP contribution in [0.15, 0.2) is 52.3 Å². The Bertz CT molecular complexity index is 1090. The summed E-state index contributed by atoms with van der Waals surface area (Å²) in [5, 5.41) is 0. The van der Waals surface area contributed by atoms with Crippen molar-refractivity contribution in [2.75, 3.05) is 24.0 Å². The van der Waals surface area contributed by atoms with Crippen LogP contribution in [0.4, 0.5) is 5.69 Å². The molecule has 0 aromatic heterocycles. The van der Waals surface area contributed by atoms with Gasteiger partial charge in [-0.25, -0.2) is 16.8 Å². The lowest BCUT2D eigenvalue weighted by Gasteiger charge is -2.39. The van der Waals surface area contributed by atoms with E-state index in [4.69, 9.17) is 0 Å². The normalized spacial score (nSPS) is 18.2. The third-order valence-electron chi connectivity index (χ3n) is 5.56. The van der Waals surface area contributed by atoms with Crippen molar-refractivity contribution in [2.45, 2.75) is 54.9 Å². The summed E-state index contributed by atoms with van der Waals surface area (Å²) in [4.78, 5) is 2.22. The number of piperidine rings is 1. The van der Waals surface area contributed by atoms with Crippen molar-refractivity contribution in [3.63, 3.8) is 0 Å². The Balaban J connectivity index is 2.09. The van der Waals surface area contributed by atoms with Crippen molar-refractivity contribution >= 4 is 25.4 Å². The van der Waals surface area contributed by atoms with E-state index in [9.17, 15) is 16.8 Å². The minimum absolute atomic E-state index is 0.0246. The van der Waals surface area contributed by atoms with E-state index in [0.717, 1.165) is 43.9 Å². The topological polar surface area (TPSA) is 71.5 Å². The summed E-state index contributed by atoms with van der Waals surface area (Å²) >= 11 is 0. The van der Waals surface area contributed by atoms with E-state index >= 15 is 0 Å². The van der Waals surface area contributed by atoms with Crippen LogP contribution < -0.4 is 4.90 Å². The van der Waals surface area contributed by atoms with E-state index < -0.39 is 19.7 Å². The summed E-state index contributed by atoms with van der Waals surface area (Å²) in [6.45, 7) is 5.05. The molecule has 0 radical (unpaired) electrons. The van der Waals surface area contributed by atoms with Gasteiger partial charge in [0.25, 0.3) is 0 Å². The Morgan fingerprint density at radius 3 is 2.10 bits per heavy atom. The third kappa shape index (κ3) is 4.83. The molecule has 158 valence electrons. The third-order valence-corrected chi connectivity index (χ3v) is 7.80. The number of benzene rings is 2. The summed E-state index contributed by atoms with van der Waals surface area (Å²) in [5.74, 6) is 0.451. The molecule has 1 fully saturated rings. The van der Waals surface area contributed by atoms with E-state index in [1.54, 1.807) is 6.07 Å². The Morgan fingerprint density at radius 2 is 1.55 bits per heavy atom. The van der Waals surface area contributed by atoms with Crippen LogP contribution in [0.1, 0.15) is 56.2 Å². The van der Waals surface area contributed by atoms with Crippen molar-refractivity contribution in [3.05, 3.63) is 53.6 Å². The number of sulfone groups is 2. The van der Waals surface area contributed by atoms with Gasteiger partial charge < -0.3 is 4.90 Å². The average Bonchev–Trinajstić information content (AvgIpc) is 2.66. The van der Waals surface area contributed by atoms with Gasteiger partial charge in [0.05, 0.1) is 21.5 Å². The second-order valence-corrected chi connectivity index (χ2v) is 12.2. The highest BCUT2D eigenvalue weighted by atomic mass is 32.2. The van der Waals surface area contributed by atoms with Gasteiger partial charge in [-0.3, -0.25) is 0 Å². The molecule has 1 atom stereocenters. The zero-order valence-corrected chi connectivity index (χ0v) is 19.1. The van der Waals surface area contributed by atoms with Crippen LogP contribution in [0.2, 0.25) is 0 Å². The molecular weight excluding hydrogens is 406 g/mol. The highest BCUT2D eigenvalue weighted by molar-refractivity contribution is 7.91. The molecule has 0 N–H and O–H groups in total. The minimum atomic E-state index is -3.60. The molecule has 2 aromatic rings. The molecule has 0 aliphatic carbocycles. The first kappa shape index (κ1) is 21.8. The van der Waals surface area contributed by atoms with Gasteiger partial charge >= 0.3 is 0 Å². The van der Waals surface area contributed by atoms with Gasteiger partial charge in [0.2, 0.25) is 0 Å². The predicted octanol–water partition coefficient (Wildman–Crippen LogP) is 4.35. The first-order valence-electron chi connectivity index (χ1n) is 9.89. The molecule has 0 unspecified atom stereocenters. The Labute approximate surface area is 174 Å². The van der Waals surface area contributed by atoms with E-state index in [1.807, 2.05) is 0 Å². The van der Waals surface area contributed by atoms with Gasteiger partial charge in [-0.15, -0.1) is 0 Å². The molecule has 3 rings (SSSR count). The molecule has 29 heavy (non-hydrogen) atoms. The molecule has 7 heteroatoms. The molecular formula is C22H29NO4S2. The first-order chi connectivity index (χ1) is 13.5. The second-order valence-electron chi connectivity index (χ2n) is 8.20. The fourth-order valence-electron chi connectivity index (χ4n) is 3.93. The smallest absolute Gasteiger partial charge is 0.177 e. The molecule has 5 nitrogen and oxygen atoms in total. The van der Waals surface area contributed by atoms with E-state index in [-0.39, 0.29) is 15.8 Å². The maximum Gasteiger partial charge on any atom is 0.177 e. The van der Waals surface area contributed by atoms with Gasteiger partial charge in [0, 0.05) is 19.1 Å². The van der Waals surface area contributed by atoms with Crippen LogP contribution >= 0.6 is 0 Å². The lowest BCUT2D eigenvalue weighted by atomic mass is 9.92. The van der Waals surface area contributed by atoms with Crippen LogP contribution in [0, 0.1) is 0 Å². The first-order valence-corrected chi connectivity index (χ1v) is 13.7. The minimum Gasteiger partial charge on any atom is -0.363 e. The molecule has 0 saturated carbocycles. The monoisotopic (exact) mass is 435 g/mol. The zero-order chi connectivity index (χ0) is 21.4. The van der Waals surface area contributed by atoms with Crippen LogP contribution in [0.5, 0.6) is 0 Å². The van der Waals surface area contributed by atoms with Gasteiger partial charge in [0.15, 0.2) is 19.7 Å². The average molecular weight is 436 g/mol. The number of hydrogen-bond acceptors (Lipinski definition) is 5. The highest BCUT2D eigenvalue weighted by Crippen LogP contribution is 2.39. The second kappa shape index (κ2) is 8.11. The van der Waals surface area contributed by atoms with Crippen LogP contribution in [0.3, 0.4) is 0 Å². The zero-order valence-electron chi connectivity index (χ0n) is 17.4. The van der Waals surface area contributed by atoms with Crippen molar-refractivity contribution in [1.29, 1.82) is 0 Å².